The summed E-state index contributed by atoms with van der Waals surface area (Å²) in [6.07, 6.45) is 0. The number of hydrogen-bond acceptors (Lipinski definition) is 4. The molecule has 1 spiro atoms. The highest BCUT2D eigenvalue weighted by atomic mass is 16.4. The van der Waals surface area contributed by atoms with E-state index in [4.69, 9.17) is 18.8 Å². The number of nitrogens with zero attached hydrogens (tertiary/aromatic N) is 2. The van der Waals surface area contributed by atoms with Gasteiger partial charge in [0.1, 0.15) is 11.0 Å². The van der Waals surface area contributed by atoms with Crippen LogP contribution < -0.4 is 0 Å². The van der Waals surface area contributed by atoms with Crippen LogP contribution in [0.2, 0.25) is 0 Å². The van der Waals surface area contributed by atoms with Crippen molar-refractivity contribution in [3.05, 3.63) is 481 Å². The molecule has 4 heteroatoms. The Balaban J connectivity index is 0.000000133. The van der Waals surface area contributed by atoms with Crippen molar-refractivity contribution in [1.82, 2.24) is 9.97 Å². The maximum atomic E-state index is 6.61. The van der Waals surface area contributed by atoms with E-state index < -0.39 is 10.8 Å². The van der Waals surface area contributed by atoms with Gasteiger partial charge in [0, 0.05) is 21.9 Å². The van der Waals surface area contributed by atoms with Crippen molar-refractivity contribution < 1.29 is 8.83 Å². The minimum atomic E-state index is -0.521. The minimum absolute atomic E-state index is 0.464. The van der Waals surface area contributed by atoms with Gasteiger partial charge in [-0.3, -0.25) is 0 Å². The van der Waals surface area contributed by atoms with Gasteiger partial charge in [-0.25, -0.2) is 9.97 Å². The van der Waals surface area contributed by atoms with Crippen LogP contribution in [0.4, 0.5) is 0 Å². The smallest absolute Gasteiger partial charge is 0.227 e. The first-order valence-corrected chi connectivity index (χ1v) is 42.8. The van der Waals surface area contributed by atoms with Crippen LogP contribution in [0.3, 0.4) is 0 Å². The molecule has 0 bridgehead atoms. The Morgan fingerprint density at radius 2 is 0.540 bits per heavy atom. The van der Waals surface area contributed by atoms with E-state index in [1.54, 1.807) is 0 Å². The summed E-state index contributed by atoms with van der Waals surface area (Å²) in [6, 6.07) is 161. The van der Waals surface area contributed by atoms with Gasteiger partial charge in [0.05, 0.1) is 10.8 Å². The second-order valence-corrected chi connectivity index (χ2v) is 33.6. The normalized spacial score (nSPS) is 13.1. The molecule has 4 nitrogen and oxygen atoms in total. The molecule has 0 unspecified atom stereocenters. The molecule has 0 aliphatic heterocycles. The molecule has 124 heavy (non-hydrogen) atoms. The molecular formula is C120H72N2O2. The van der Waals surface area contributed by atoms with Gasteiger partial charge in [-0.05, 0) is 295 Å². The maximum Gasteiger partial charge on any atom is 0.227 e. The number of benzene rings is 22. The average molecular weight is 1570 g/mol. The SMILES string of the molecule is c1ccc(-c2nc3ccc4ccc5ccc(-c6cc(-c7ccc8c(c7)C(c7ccccc7)(c7ccccc7)c7cc9ccccc9cc7-8)c7ccccc7c6)cc5c4c3o2)cc1.c1ccc(-c2nc3ccc4ccc5ccc(-c6cc(-c7ccc8c(c7)C7(c9ccccc9-c9ccccc97)c7c-8ccc8ccccc78)c7ccccc7c6)cc5c4c3o2)cc1. The third kappa shape index (κ3) is 10.4. The van der Waals surface area contributed by atoms with Crippen LogP contribution in [0.25, 0.3) is 209 Å². The van der Waals surface area contributed by atoms with E-state index in [2.05, 4.69) is 376 Å². The lowest BCUT2D eigenvalue weighted by Gasteiger charge is -2.34. The van der Waals surface area contributed by atoms with Crippen molar-refractivity contribution in [3.63, 3.8) is 0 Å². The van der Waals surface area contributed by atoms with Gasteiger partial charge < -0.3 is 8.83 Å². The number of rotatable bonds is 8. The van der Waals surface area contributed by atoms with Gasteiger partial charge in [-0.2, -0.15) is 0 Å². The van der Waals surface area contributed by atoms with Gasteiger partial charge in [-0.15, -0.1) is 0 Å². The molecular weight excluding hydrogens is 1500 g/mol. The van der Waals surface area contributed by atoms with Crippen molar-refractivity contribution in [2.75, 3.05) is 0 Å². The van der Waals surface area contributed by atoms with Crippen LogP contribution in [0.5, 0.6) is 0 Å². The Morgan fingerprint density at radius 3 is 1.06 bits per heavy atom. The van der Waals surface area contributed by atoms with Gasteiger partial charge in [-0.1, -0.05) is 340 Å². The Labute approximate surface area is 715 Å². The van der Waals surface area contributed by atoms with E-state index in [9.17, 15) is 0 Å². The number of hydrogen-bond donors (Lipinski definition) is 0. The van der Waals surface area contributed by atoms with Gasteiger partial charge in [0.25, 0.3) is 0 Å². The molecule has 3 aliphatic rings. The summed E-state index contributed by atoms with van der Waals surface area (Å²) in [6.45, 7) is 0. The summed E-state index contributed by atoms with van der Waals surface area (Å²) in [5.41, 5.74) is 32.2. The third-order valence-electron chi connectivity index (χ3n) is 27.2. The van der Waals surface area contributed by atoms with Crippen molar-refractivity contribution in [2.45, 2.75) is 10.8 Å². The maximum absolute atomic E-state index is 6.61. The molecule has 0 amide bonds. The Bertz CT molecular complexity index is 8520. The fourth-order valence-electron chi connectivity index (χ4n) is 21.7. The molecule has 574 valence electrons. The van der Waals surface area contributed by atoms with Crippen molar-refractivity contribution in [2.24, 2.45) is 0 Å². The molecule has 22 aromatic carbocycles. The molecule has 0 saturated heterocycles. The lowest BCUT2D eigenvalue weighted by Crippen LogP contribution is -2.28. The Morgan fingerprint density at radius 1 is 0.177 bits per heavy atom. The lowest BCUT2D eigenvalue weighted by atomic mass is 9.67. The summed E-state index contributed by atoms with van der Waals surface area (Å²) in [7, 11) is 0. The predicted octanol–water partition coefficient (Wildman–Crippen LogP) is 31.6. The van der Waals surface area contributed by atoms with Gasteiger partial charge in [0.15, 0.2) is 11.2 Å². The monoisotopic (exact) mass is 1570 g/mol. The molecule has 2 heterocycles. The molecule has 0 saturated carbocycles. The zero-order valence-electron chi connectivity index (χ0n) is 67.3. The number of fused-ring (bicyclic) bond motifs is 28. The molecule has 0 N–H and O–H groups in total. The van der Waals surface area contributed by atoms with Crippen LogP contribution in [0.15, 0.2) is 446 Å². The molecule has 24 aromatic rings. The van der Waals surface area contributed by atoms with E-state index in [0.717, 1.165) is 82.2 Å². The third-order valence-corrected chi connectivity index (χ3v) is 27.2. The van der Waals surface area contributed by atoms with E-state index in [1.807, 2.05) is 60.7 Å². The van der Waals surface area contributed by atoms with Crippen LogP contribution in [-0.4, -0.2) is 9.97 Å². The predicted molar refractivity (Wildman–Crippen MR) is 514 cm³/mol. The highest BCUT2D eigenvalue weighted by molar-refractivity contribution is 6.21. The fraction of sp³-hybridized carbons (Fsp3) is 0.0167. The van der Waals surface area contributed by atoms with Crippen molar-refractivity contribution in [3.8, 4) is 101 Å². The largest absolute Gasteiger partial charge is 0.435 e. The number of oxazole rings is 2. The van der Waals surface area contributed by atoms with Crippen molar-refractivity contribution in [1.29, 1.82) is 0 Å². The zero-order valence-corrected chi connectivity index (χ0v) is 67.3. The Hall–Kier alpha value is -16.1. The van der Waals surface area contributed by atoms with E-state index in [0.29, 0.717) is 11.8 Å². The van der Waals surface area contributed by atoms with E-state index >= 15 is 0 Å². The van der Waals surface area contributed by atoms with Crippen LogP contribution in [-0.2, 0) is 10.8 Å². The highest BCUT2D eigenvalue weighted by Gasteiger charge is 2.53. The van der Waals surface area contributed by atoms with Crippen molar-refractivity contribution >= 4 is 108 Å². The van der Waals surface area contributed by atoms with Gasteiger partial charge in [0.2, 0.25) is 11.8 Å². The van der Waals surface area contributed by atoms with E-state index in [1.165, 1.54) is 160 Å². The second-order valence-electron chi connectivity index (χ2n) is 33.6. The van der Waals surface area contributed by atoms with Crippen LogP contribution in [0.1, 0.15) is 44.5 Å². The molecule has 3 aliphatic carbocycles. The fourth-order valence-corrected chi connectivity index (χ4v) is 21.7. The first-order chi connectivity index (χ1) is 61.4. The lowest BCUT2D eigenvalue weighted by molar-refractivity contribution is 0.623. The second kappa shape index (κ2) is 27.2. The molecule has 2 aromatic heterocycles. The number of aromatic nitrogens is 2. The summed E-state index contributed by atoms with van der Waals surface area (Å²) in [4.78, 5) is 9.87. The highest BCUT2D eigenvalue weighted by Crippen LogP contribution is 2.65. The standard InChI is InChI=1S/C60H35NO.C60H37NO/c1-2-13-39(14-3-1)59-61-55-31-28-38-24-22-37-23-25-40(33-51(37)56(38)58(55)62-59)43-32-41-15-5-6-16-44(41)50(34-43)42-27-29-48-49-30-26-36-12-4-7-17-45(36)57(49)60(54(48)35-42)52-20-10-8-18-46(52)47-19-9-11-21-53(47)60;1-4-14-40(15-5-1)59-61-56-31-29-39-26-24-38-25-27-43(33-52(38)57(39)58(56)62-59)46-32-44-18-12-13-23-49(44)51(35-46)45-28-30-50-53-34-41-16-10-11-17-42(41)36-55(53)60(54(50)37-45,47-19-6-2-7-20-47)48-21-8-3-9-22-48/h1-35H;1-37H. The average Bonchev–Trinajstić information content (AvgIpc) is 1.50. The topological polar surface area (TPSA) is 52.1 Å². The first-order valence-electron chi connectivity index (χ1n) is 42.8. The van der Waals surface area contributed by atoms with E-state index in [-0.39, 0.29) is 0 Å². The quantitative estimate of drug-likeness (QED) is 0.142. The molecule has 27 rings (SSSR count). The molecule has 0 fully saturated rings. The molecule has 0 atom stereocenters. The van der Waals surface area contributed by atoms with Gasteiger partial charge >= 0.3 is 0 Å². The summed E-state index contributed by atoms with van der Waals surface area (Å²) in [5, 5.41) is 19.0. The zero-order chi connectivity index (χ0) is 81.3. The summed E-state index contributed by atoms with van der Waals surface area (Å²) >= 11 is 0. The summed E-state index contributed by atoms with van der Waals surface area (Å²) in [5.74, 6) is 1.27. The summed E-state index contributed by atoms with van der Waals surface area (Å²) < 4.78 is 13.2. The van der Waals surface area contributed by atoms with Crippen LogP contribution >= 0.6 is 0 Å². The first kappa shape index (κ1) is 69.8. The Kier molecular flexibility index (Phi) is 15.3. The minimum Gasteiger partial charge on any atom is -0.435 e. The van der Waals surface area contributed by atoms with Crippen LogP contribution in [0, 0.1) is 0 Å². The molecule has 0 radical (unpaired) electrons.